The van der Waals surface area contributed by atoms with Crippen LogP contribution in [-0.2, 0) is 9.53 Å². The smallest absolute Gasteiger partial charge is 0.338 e. The van der Waals surface area contributed by atoms with Crippen LogP contribution in [0.3, 0.4) is 0 Å². The van der Waals surface area contributed by atoms with E-state index in [0.29, 0.717) is 5.75 Å². The van der Waals surface area contributed by atoms with Gasteiger partial charge in [-0.2, -0.15) is 0 Å². The number of anilines is 1. The van der Waals surface area contributed by atoms with Crippen LogP contribution in [0.15, 0.2) is 66.7 Å². The Morgan fingerprint density at radius 2 is 1.49 bits per heavy atom. The summed E-state index contributed by atoms with van der Waals surface area (Å²) in [5.74, 6) is -2.30. The van der Waals surface area contributed by atoms with Gasteiger partial charge in [-0.3, -0.25) is 19.2 Å². The number of nitrogens with zero attached hydrogens (tertiary/aromatic N) is 1. The third kappa shape index (κ3) is 4.65. The maximum absolute atomic E-state index is 13.0. The van der Waals surface area contributed by atoms with E-state index in [-0.39, 0.29) is 33.7 Å². The summed E-state index contributed by atoms with van der Waals surface area (Å²) >= 11 is 0. The molecule has 176 valence electrons. The number of amides is 2. The molecule has 0 aliphatic carbocycles. The molecule has 3 aromatic rings. The van der Waals surface area contributed by atoms with Crippen molar-refractivity contribution in [2.24, 2.45) is 0 Å². The van der Waals surface area contributed by atoms with Crippen LogP contribution in [0, 0.1) is 0 Å². The summed E-state index contributed by atoms with van der Waals surface area (Å²) in [7, 11) is 1.43. The topological polar surface area (TPSA) is 116 Å². The van der Waals surface area contributed by atoms with Gasteiger partial charge in [0.15, 0.2) is 12.4 Å². The Hall–Kier alpha value is -4.79. The minimum atomic E-state index is -0.825. The number of methoxy groups -OCH3 is 1. The van der Waals surface area contributed by atoms with Crippen molar-refractivity contribution in [2.45, 2.75) is 6.92 Å². The van der Waals surface area contributed by atoms with Gasteiger partial charge in [-0.05, 0) is 54.6 Å². The van der Waals surface area contributed by atoms with E-state index in [1.165, 1.54) is 56.5 Å². The van der Waals surface area contributed by atoms with Crippen molar-refractivity contribution in [3.05, 3.63) is 89.0 Å². The van der Waals surface area contributed by atoms with E-state index < -0.39 is 36.1 Å². The van der Waals surface area contributed by atoms with Crippen LogP contribution < -0.4 is 14.4 Å². The molecule has 0 saturated carbocycles. The monoisotopic (exact) mass is 473 g/mol. The summed E-state index contributed by atoms with van der Waals surface area (Å²) < 4.78 is 15.3. The van der Waals surface area contributed by atoms with Gasteiger partial charge in [0, 0.05) is 12.5 Å². The molecule has 0 atom stereocenters. The predicted molar refractivity (Wildman–Crippen MR) is 123 cm³/mol. The third-order valence-electron chi connectivity index (χ3n) is 5.22. The molecular weight excluding hydrogens is 454 g/mol. The summed E-state index contributed by atoms with van der Waals surface area (Å²) in [6, 6.07) is 16.4. The average Bonchev–Trinajstić information content (AvgIpc) is 3.11. The van der Waals surface area contributed by atoms with E-state index in [1.54, 1.807) is 24.3 Å². The number of hydrogen-bond acceptors (Lipinski definition) is 8. The zero-order valence-electron chi connectivity index (χ0n) is 18.8. The Kier molecular flexibility index (Phi) is 6.41. The second-order valence-corrected chi connectivity index (χ2v) is 7.50. The molecule has 0 spiro atoms. The first-order valence-electron chi connectivity index (χ1n) is 10.4. The van der Waals surface area contributed by atoms with Crippen molar-refractivity contribution < 1.29 is 38.2 Å². The van der Waals surface area contributed by atoms with Crippen LogP contribution in [0.1, 0.15) is 48.4 Å². The number of Topliss-reactive ketones (excluding diaryl/α,β-unsaturated/α-hetero) is 1. The van der Waals surface area contributed by atoms with Crippen molar-refractivity contribution in [1.82, 2.24) is 0 Å². The van der Waals surface area contributed by atoms with Crippen molar-refractivity contribution in [2.75, 3.05) is 18.6 Å². The van der Waals surface area contributed by atoms with Crippen LogP contribution in [-0.4, -0.2) is 43.3 Å². The normalized spacial score (nSPS) is 12.2. The van der Waals surface area contributed by atoms with E-state index in [0.717, 1.165) is 4.90 Å². The summed E-state index contributed by atoms with van der Waals surface area (Å²) in [4.78, 5) is 62.7. The molecule has 0 radical (unpaired) electrons. The fourth-order valence-electron chi connectivity index (χ4n) is 3.57. The van der Waals surface area contributed by atoms with Gasteiger partial charge >= 0.3 is 11.9 Å². The Morgan fingerprint density at radius 1 is 0.829 bits per heavy atom. The van der Waals surface area contributed by atoms with E-state index in [9.17, 15) is 24.0 Å². The fraction of sp³-hybridized carbons (Fsp3) is 0.115. The Labute approximate surface area is 199 Å². The van der Waals surface area contributed by atoms with Gasteiger partial charge in [-0.1, -0.05) is 12.1 Å². The average molecular weight is 473 g/mol. The molecule has 0 saturated heterocycles. The first-order valence-corrected chi connectivity index (χ1v) is 10.4. The van der Waals surface area contributed by atoms with Gasteiger partial charge in [0.2, 0.25) is 0 Å². The second-order valence-electron chi connectivity index (χ2n) is 7.50. The minimum absolute atomic E-state index is 0.0183. The highest BCUT2D eigenvalue weighted by atomic mass is 16.5. The molecule has 1 aliphatic rings. The Balaban J connectivity index is 1.46. The van der Waals surface area contributed by atoms with Crippen LogP contribution in [0.5, 0.6) is 11.5 Å². The standard InChI is InChI=1S/C26H19NO8/c1-15(28)35-18-10-7-16(8-11-18)22(29)14-34-26(32)17-9-12-19-20(13-17)25(31)27(24(19)30)21-5-3-4-6-23(21)33-2/h3-13H,14H2,1-2H3. The van der Waals surface area contributed by atoms with E-state index >= 15 is 0 Å². The number of carbonyl (C=O) groups is 5. The summed E-state index contributed by atoms with van der Waals surface area (Å²) in [5, 5.41) is 0. The van der Waals surface area contributed by atoms with Crippen molar-refractivity contribution >= 4 is 35.2 Å². The molecule has 0 fully saturated rings. The maximum atomic E-state index is 13.0. The van der Waals surface area contributed by atoms with Gasteiger partial charge in [-0.25, -0.2) is 9.69 Å². The van der Waals surface area contributed by atoms with E-state index in [2.05, 4.69) is 0 Å². The molecule has 4 rings (SSSR count). The third-order valence-corrected chi connectivity index (χ3v) is 5.22. The number of rotatable bonds is 7. The first-order chi connectivity index (χ1) is 16.8. The van der Waals surface area contributed by atoms with E-state index in [4.69, 9.17) is 14.2 Å². The number of carbonyl (C=O) groups excluding carboxylic acids is 5. The molecule has 9 nitrogen and oxygen atoms in total. The molecule has 0 bridgehead atoms. The number of ketones is 1. The number of benzene rings is 3. The van der Waals surface area contributed by atoms with Gasteiger partial charge in [-0.15, -0.1) is 0 Å². The number of ether oxygens (including phenoxy) is 3. The largest absolute Gasteiger partial charge is 0.495 e. The van der Waals surface area contributed by atoms with Crippen LogP contribution in [0.4, 0.5) is 5.69 Å². The molecule has 1 heterocycles. The van der Waals surface area contributed by atoms with E-state index in [1.807, 2.05) is 0 Å². The number of para-hydroxylation sites is 2. The lowest BCUT2D eigenvalue weighted by Crippen LogP contribution is -2.29. The molecule has 35 heavy (non-hydrogen) atoms. The molecule has 1 aliphatic heterocycles. The molecular formula is C26H19NO8. The quantitative estimate of drug-likeness (QED) is 0.222. The summed E-state index contributed by atoms with van der Waals surface area (Å²) in [5.41, 5.74) is 0.750. The predicted octanol–water partition coefficient (Wildman–Crippen LogP) is 3.46. The molecule has 0 N–H and O–H groups in total. The number of imide groups is 1. The SMILES string of the molecule is COc1ccccc1N1C(=O)c2ccc(C(=O)OCC(=O)c3ccc(OC(C)=O)cc3)cc2C1=O. The zero-order valence-corrected chi connectivity index (χ0v) is 18.8. The lowest BCUT2D eigenvalue weighted by Gasteiger charge is -2.16. The van der Waals surface area contributed by atoms with Crippen LogP contribution in [0.2, 0.25) is 0 Å². The van der Waals surface area contributed by atoms with Crippen molar-refractivity contribution in [1.29, 1.82) is 0 Å². The van der Waals surface area contributed by atoms with Crippen LogP contribution in [0.25, 0.3) is 0 Å². The minimum Gasteiger partial charge on any atom is -0.495 e. The molecule has 9 heteroatoms. The highest BCUT2D eigenvalue weighted by Gasteiger charge is 2.38. The molecule has 0 aromatic heterocycles. The first kappa shape index (κ1) is 23.4. The lowest BCUT2D eigenvalue weighted by atomic mass is 10.1. The molecule has 2 amide bonds. The molecule has 3 aromatic carbocycles. The maximum Gasteiger partial charge on any atom is 0.338 e. The lowest BCUT2D eigenvalue weighted by molar-refractivity contribution is -0.131. The van der Waals surface area contributed by atoms with Crippen molar-refractivity contribution in [3.63, 3.8) is 0 Å². The highest BCUT2D eigenvalue weighted by Crippen LogP contribution is 2.35. The summed E-state index contributed by atoms with van der Waals surface area (Å²) in [6.07, 6.45) is 0. The molecule has 0 unspecified atom stereocenters. The van der Waals surface area contributed by atoms with Gasteiger partial charge in [0.05, 0.1) is 29.5 Å². The van der Waals surface area contributed by atoms with Gasteiger partial charge in [0.25, 0.3) is 11.8 Å². The fourth-order valence-corrected chi connectivity index (χ4v) is 3.57. The summed E-state index contributed by atoms with van der Waals surface area (Å²) in [6.45, 7) is 0.722. The highest BCUT2D eigenvalue weighted by molar-refractivity contribution is 6.35. The number of fused-ring (bicyclic) bond motifs is 1. The second kappa shape index (κ2) is 9.60. The Morgan fingerprint density at radius 3 is 2.17 bits per heavy atom. The van der Waals surface area contributed by atoms with Crippen molar-refractivity contribution in [3.8, 4) is 11.5 Å². The number of esters is 2. The van der Waals surface area contributed by atoms with Gasteiger partial charge in [0.1, 0.15) is 11.5 Å². The van der Waals surface area contributed by atoms with Crippen LogP contribution >= 0.6 is 0 Å². The van der Waals surface area contributed by atoms with Gasteiger partial charge < -0.3 is 14.2 Å². The Bertz CT molecular complexity index is 1360. The zero-order chi connectivity index (χ0) is 25.1. The number of hydrogen-bond donors (Lipinski definition) is 0.